The van der Waals surface area contributed by atoms with Crippen molar-refractivity contribution in [1.29, 1.82) is 0 Å². The molecule has 1 atom stereocenters. The lowest BCUT2D eigenvalue weighted by molar-refractivity contribution is -0.132. The summed E-state index contributed by atoms with van der Waals surface area (Å²) in [5.41, 5.74) is 2.91. The smallest absolute Gasteiger partial charge is 0.226 e. The zero-order valence-corrected chi connectivity index (χ0v) is 14.4. The first kappa shape index (κ1) is 17.3. The molecule has 0 aromatic heterocycles. The van der Waals surface area contributed by atoms with Crippen LogP contribution in [-0.4, -0.2) is 30.9 Å². The number of amides is 1. The predicted octanol–water partition coefficient (Wildman–Crippen LogP) is 3.02. The highest BCUT2D eigenvalue weighted by Crippen LogP contribution is 2.59. The second-order valence-corrected chi connectivity index (χ2v) is 6.73. The molecule has 22 heavy (non-hydrogen) atoms. The van der Waals surface area contributed by atoms with Gasteiger partial charge in [0.2, 0.25) is 5.91 Å². The van der Waals surface area contributed by atoms with Gasteiger partial charge in [0, 0.05) is 19.5 Å². The number of aryl methyl sites for hydroxylation is 1. The van der Waals surface area contributed by atoms with Gasteiger partial charge in [-0.15, -0.1) is 12.4 Å². The summed E-state index contributed by atoms with van der Waals surface area (Å²) in [6, 6.07) is 8.63. The van der Waals surface area contributed by atoms with Crippen molar-refractivity contribution < 1.29 is 4.79 Å². The number of carbonyl (C=O) groups is 1. The Bertz CT molecular complexity index is 508. The van der Waals surface area contributed by atoms with E-state index in [0.29, 0.717) is 11.3 Å². The van der Waals surface area contributed by atoms with Crippen molar-refractivity contribution in [2.24, 2.45) is 11.3 Å². The van der Waals surface area contributed by atoms with E-state index in [1.807, 2.05) is 11.9 Å². The number of hydrogen-bond acceptors (Lipinski definition) is 2. The van der Waals surface area contributed by atoms with E-state index >= 15 is 0 Å². The number of hydrogen-bond donors (Lipinski definition) is 1. The SMILES string of the molecule is CCc1ccc(CN(C)C(=O)C2CC23CCNCC3)cc1.Cl. The van der Waals surface area contributed by atoms with E-state index in [4.69, 9.17) is 0 Å². The number of benzene rings is 1. The van der Waals surface area contributed by atoms with Crippen molar-refractivity contribution in [2.75, 3.05) is 20.1 Å². The standard InChI is InChI=1S/C18H26N2O.ClH/c1-3-14-4-6-15(7-5-14)13-20(2)17(21)16-12-18(16)8-10-19-11-9-18;/h4-7,16,19H,3,8-13H2,1-2H3;1H. The van der Waals surface area contributed by atoms with Crippen molar-refractivity contribution in [2.45, 2.75) is 39.2 Å². The molecule has 1 saturated heterocycles. The number of rotatable bonds is 4. The quantitative estimate of drug-likeness (QED) is 0.924. The fourth-order valence-corrected chi connectivity index (χ4v) is 3.67. The maximum atomic E-state index is 12.6. The van der Waals surface area contributed by atoms with Crippen LogP contribution in [0.5, 0.6) is 0 Å². The Morgan fingerprint density at radius 3 is 2.41 bits per heavy atom. The van der Waals surface area contributed by atoms with E-state index in [0.717, 1.165) is 32.5 Å². The van der Waals surface area contributed by atoms with Gasteiger partial charge in [0.05, 0.1) is 0 Å². The zero-order valence-electron chi connectivity index (χ0n) is 13.6. The van der Waals surface area contributed by atoms with Gasteiger partial charge in [0.1, 0.15) is 0 Å². The summed E-state index contributed by atoms with van der Waals surface area (Å²) >= 11 is 0. The third-order valence-electron chi connectivity index (χ3n) is 5.31. The minimum atomic E-state index is 0. The second kappa shape index (κ2) is 7.01. The van der Waals surface area contributed by atoms with Crippen LogP contribution in [0.4, 0.5) is 0 Å². The normalized spacial score (nSPS) is 22.0. The van der Waals surface area contributed by atoms with Crippen LogP contribution in [0.1, 0.15) is 37.3 Å². The number of halogens is 1. The highest BCUT2D eigenvalue weighted by atomic mass is 35.5. The molecule has 1 aliphatic heterocycles. The molecule has 0 radical (unpaired) electrons. The third-order valence-corrected chi connectivity index (χ3v) is 5.31. The van der Waals surface area contributed by atoms with Crippen molar-refractivity contribution in [1.82, 2.24) is 10.2 Å². The summed E-state index contributed by atoms with van der Waals surface area (Å²) in [4.78, 5) is 14.5. The lowest BCUT2D eigenvalue weighted by Gasteiger charge is -2.25. The molecule has 1 amide bonds. The summed E-state index contributed by atoms with van der Waals surface area (Å²) in [5.74, 6) is 0.621. The number of nitrogens with zero attached hydrogens (tertiary/aromatic N) is 1. The maximum absolute atomic E-state index is 12.6. The summed E-state index contributed by atoms with van der Waals surface area (Å²) < 4.78 is 0. The maximum Gasteiger partial charge on any atom is 0.226 e. The summed E-state index contributed by atoms with van der Waals surface area (Å²) in [5, 5.41) is 3.39. The van der Waals surface area contributed by atoms with E-state index in [9.17, 15) is 4.79 Å². The van der Waals surface area contributed by atoms with Gasteiger partial charge in [0.25, 0.3) is 0 Å². The fraction of sp³-hybridized carbons (Fsp3) is 0.611. The Morgan fingerprint density at radius 2 is 1.82 bits per heavy atom. The lowest BCUT2D eigenvalue weighted by Crippen LogP contribution is -2.34. The molecule has 1 N–H and O–H groups in total. The van der Waals surface area contributed by atoms with Crippen LogP contribution in [0.2, 0.25) is 0 Å². The van der Waals surface area contributed by atoms with Gasteiger partial charge in [-0.05, 0) is 55.3 Å². The lowest BCUT2D eigenvalue weighted by atomic mass is 9.91. The molecule has 0 bridgehead atoms. The first-order chi connectivity index (χ1) is 10.1. The second-order valence-electron chi connectivity index (χ2n) is 6.73. The van der Waals surface area contributed by atoms with Crippen LogP contribution < -0.4 is 5.32 Å². The van der Waals surface area contributed by atoms with Gasteiger partial charge in [-0.3, -0.25) is 4.79 Å². The molecule has 2 aliphatic rings. The van der Waals surface area contributed by atoms with E-state index in [2.05, 4.69) is 36.5 Å². The van der Waals surface area contributed by atoms with E-state index < -0.39 is 0 Å². The molecule has 2 fully saturated rings. The molecular formula is C18H27ClN2O. The Balaban J connectivity index is 0.00000176. The van der Waals surface area contributed by atoms with Gasteiger partial charge < -0.3 is 10.2 Å². The van der Waals surface area contributed by atoms with Gasteiger partial charge in [-0.2, -0.15) is 0 Å². The van der Waals surface area contributed by atoms with Crippen LogP contribution in [0.15, 0.2) is 24.3 Å². The summed E-state index contributed by atoms with van der Waals surface area (Å²) in [7, 11) is 1.95. The van der Waals surface area contributed by atoms with E-state index in [-0.39, 0.29) is 18.3 Å². The van der Waals surface area contributed by atoms with Crippen LogP contribution >= 0.6 is 12.4 Å². The Hall–Kier alpha value is -1.06. The van der Waals surface area contributed by atoms with E-state index in [1.54, 1.807) is 0 Å². The molecule has 1 aromatic carbocycles. The van der Waals surface area contributed by atoms with Crippen LogP contribution in [0, 0.1) is 11.3 Å². The zero-order chi connectivity index (χ0) is 14.9. The van der Waals surface area contributed by atoms with E-state index in [1.165, 1.54) is 24.0 Å². The monoisotopic (exact) mass is 322 g/mol. The number of carbonyl (C=O) groups excluding carboxylic acids is 1. The number of nitrogens with one attached hydrogen (secondary N) is 1. The Kier molecular flexibility index (Phi) is 5.51. The molecule has 1 spiro atoms. The highest BCUT2D eigenvalue weighted by molar-refractivity contribution is 5.85. The molecular weight excluding hydrogens is 296 g/mol. The highest BCUT2D eigenvalue weighted by Gasteiger charge is 2.58. The average molecular weight is 323 g/mol. The topological polar surface area (TPSA) is 32.3 Å². The van der Waals surface area contributed by atoms with Crippen LogP contribution in [0.25, 0.3) is 0 Å². The molecule has 1 saturated carbocycles. The van der Waals surface area contributed by atoms with Gasteiger partial charge in [-0.25, -0.2) is 0 Å². The van der Waals surface area contributed by atoms with Gasteiger partial charge >= 0.3 is 0 Å². The Morgan fingerprint density at radius 1 is 1.23 bits per heavy atom. The molecule has 1 aromatic rings. The summed E-state index contributed by atoms with van der Waals surface area (Å²) in [6.45, 7) is 5.04. The van der Waals surface area contributed by atoms with Crippen LogP contribution in [0.3, 0.4) is 0 Å². The van der Waals surface area contributed by atoms with Gasteiger partial charge in [-0.1, -0.05) is 31.2 Å². The van der Waals surface area contributed by atoms with Crippen molar-refractivity contribution in [3.63, 3.8) is 0 Å². The van der Waals surface area contributed by atoms with Crippen molar-refractivity contribution >= 4 is 18.3 Å². The molecule has 1 unspecified atom stereocenters. The molecule has 1 aliphatic carbocycles. The van der Waals surface area contributed by atoms with Crippen molar-refractivity contribution in [3.8, 4) is 0 Å². The largest absolute Gasteiger partial charge is 0.341 e. The van der Waals surface area contributed by atoms with Gasteiger partial charge in [0.15, 0.2) is 0 Å². The minimum absolute atomic E-state index is 0. The third kappa shape index (κ3) is 3.47. The Labute approximate surface area is 139 Å². The van der Waals surface area contributed by atoms with Crippen molar-refractivity contribution in [3.05, 3.63) is 35.4 Å². The molecule has 122 valence electrons. The summed E-state index contributed by atoms with van der Waals surface area (Å²) in [6.07, 6.45) is 4.51. The average Bonchev–Trinajstić information content (AvgIpc) is 3.21. The molecule has 3 rings (SSSR count). The molecule has 3 nitrogen and oxygen atoms in total. The molecule has 4 heteroatoms. The number of piperidine rings is 1. The first-order valence-electron chi connectivity index (χ1n) is 8.18. The predicted molar refractivity (Wildman–Crippen MR) is 92.2 cm³/mol. The van der Waals surface area contributed by atoms with Crippen LogP contribution in [-0.2, 0) is 17.8 Å². The minimum Gasteiger partial charge on any atom is -0.341 e. The fourth-order valence-electron chi connectivity index (χ4n) is 3.67. The first-order valence-corrected chi connectivity index (χ1v) is 8.18. The molecule has 1 heterocycles.